The summed E-state index contributed by atoms with van der Waals surface area (Å²) >= 11 is 0. The normalized spacial score (nSPS) is 11.8. The summed E-state index contributed by atoms with van der Waals surface area (Å²) in [6.07, 6.45) is 1.99. The molecule has 0 bridgehead atoms. The Morgan fingerprint density at radius 3 is 2.45 bits per heavy atom. The van der Waals surface area contributed by atoms with Gasteiger partial charge in [-0.1, -0.05) is 30.3 Å². The van der Waals surface area contributed by atoms with Crippen molar-refractivity contribution in [2.75, 3.05) is 20.3 Å². The summed E-state index contributed by atoms with van der Waals surface area (Å²) in [4.78, 5) is 15.7. The zero-order valence-corrected chi connectivity index (χ0v) is 17.1. The standard InChI is InChI=1S/C25H23FN2O3/c1-30-19-10-6-17(7-11-19)22(23-15-27-24-5-3-2-4-21(23)24)14-28-25(29)16-31-20-12-8-18(26)9-13-20/h2-13,15,22,27H,14,16H2,1H3,(H,28,29)/t22-/m1/s1. The summed E-state index contributed by atoms with van der Waals surface area (Å²) in [6, 6.07) is 21.5. The van der Waals surface area contributed by atoms with E-state index in [0.717, 1.165) is 27.8 Å². The number of hydrogen-bond donors (Lipinski definition) is 2. The number of nitrogens with one attached hydrogen (secondary N) is 2. The smallest absolute Gasteiger partial charge is 0.257 e. The zero-order chi connectivity index (χ0) is 21.6. The number of methoxy groups -OCH3 is 1. The zero-order valence-electron chi connectivity index (χ0n) is 17.1. The molecule has 0 saturated heterocycles. The lowest BCUT2D eigenvalue weighted by Crippen LogP contribution is -2.32. The maximum absolute atomic E-state index is 13.0. The van der Waals surface area contributed by atoms with E-state index in [-0.39, 0.29) is 24.2 Å². The number of hydrogen-bond acceptors (Lipinski definition) is 3. The van der Waals surface area contributed by atoms with Gasteiger partial charge in [-0.15, -0.1) is 0 Å². The largest absolute Gasteiger partial charge is 0.497 e. The van der Waals surface area contributed by atoms with Gasteiger partial charge in [0, 0.05) is 29.6 Å². The number of rotatable bonds is 8. The lowest BCUT2D eigenvalue weighted by Gasteiger charge is -2.19. The number of fused-ring (bicyclic) bond motifs is 1. The van der Waals surface area contributed by atoms with Crippen LogP contribution in [0.5, 0.6) is 11.5 Å². The predicted octanol–water partition coefficient (Wildman–Crippen LogP) is 4.64. The monoisotopic (exact) mass is 418 g/mol. The van der Waals surface area contributed by atoms with Gasteiger partial charge in [-0.2, -0.15) is 0 Å². The quantitative estimate of drug-likeness (QED) is 0.438. The highest BCUT2D eigenvalue weighted by Crippen LogP contribution is 2.31. The first-order valence-corrected chi connectivity index (χ1v) is 9.99. The Morgan fingerprint density at radius 2 is 1.71 bits per heavy atom. The van der Waals surface area contributed by atoms with E-state index in [9.17, 15) is 9.18 Å². The highest BCUT2D eigenvalue weighted by Gasteiger charge is 2.19. The van der Waals surface area contributed by atoms with Crippen molar-refractivity contribution in [3.8, 4) is 11.5 Å². The fraction of sp³-hybridized carbons (Fsp3) is 0.160. The Labute approximate surface area is 179 Å². The highest BCUT2D eigenvalue weighted by molar-refractivity contribution is 5.84. The van der Waals surface area contributed by atoms with Crippen LogP contribution in [0, 0.1) is 5.82 Å². The van der Waals surface area contributed by atoms with E-state index < -0.39 is 0 Å². The average Bonchev–Trinajstić information content (AvgIpc) is 3.23. The number of ether oxygens (including phenoxy) is 2. The molecule has 1 aromatic heterocycles. The van der Waals surface area contributed by atoms with E-state index in [0.29, 0.717) is 12.3 Å². The minimum atomic E-state index is -0.349. The molecular formula is C25H23FN2O3. The van der Waals surface area contributed by atoms with Crippen molar-refractivity contribution in [1.29, 1.82) is 0 Å². The molecule has 0 spiro atoms. The lowest BCUT2D eigenvalue weighted by molar-refractivity contribution is -0.123. The number of carbonyl (C=O) groups excluding carboxylic acids is 1. The number of benzene rings is 3. The third-order valence-corrected chi connectivity index (χ3v) is 5.20. The van der Waals surface area contributed by atoms with Crippen LogP contribution in [0.1, 0.15) is 17.0 Å². The van der Waals surface area contributed by atoms with Crippen LogP contribution in [0.4, 0.5) is 4.39 Å². The topological polar surface area (TPSA) is 63.4 Å². The molecule has 2 N–H and O–H groups in total. The molecule has 0 aliphatic rings. The van der Waals surface area contributed by atoms with Gasteiger partial charge in [-0.05, 0) is 53.6 Å². The molecule has 0 radical (unpaired) electrons. The molecule has 0 aliphatic carbocycles. The Morgan fingerprint density at radius 1 is 1.00 bits per heavy atom. The summed E-state index contributed by atoms with van der Waals surface area (Å²) in [5.41, 5.74) is 3.20. The molecular weight excluding hydrogens is 395 g/mol. The van der Waals surface area contributed by atoms with E-state index in [1.165, 1.54) is 24.3 Å². The van der Waals surface area contributed by atoms with E-state index in [1.807, 2.05) is 48.7 Å². The van der Waals surface area contributed by atoms with Crippen LogP contribution >= 0.6 is 0 Å². The molecule has 1 atom stereocenters. The van der Waals surface area contributed by atoms with Crippen LogP contribution in [0.3, 0.4) is 0 Å². The molecule has 5 nitrogen and oxygen atoms in total. The summed E-state index contributed by atoms with van der Waals surface area (Å²) < 4.78 is 23.7. The molecule has 1 amide bonds. The first-order valence-electron chi connectivity index (χ1n) is 9.99. The summed E-state index contributed by atoms with van der Waals surface area (Å²) in [6.45, 7) is 0.259. The molecule has 3 aromatic carbocycles. The van der Waals surface area contributed by atoms with Crippen LogP contribution < -0.4 is 14.8 Å². The Hall–Kier alpha value is -3.80. The van der Waals surface area contributed by atoms with Gasteiger partial charge in [-0.25, -0.2) is 4.39 Å². The second kappa shape index (κ2) is 9.34. The number of carbonyl (C=O) groups is 1. The first-order chi connectivity index (χ1) is 15.1. The van der Waals surface area contributed by atoms with Gasteiger partial charge in [-0.3, -0.25) is 4.79 Å². The predicted molar refractivity (Wildman–Crippen MR) is 118 cm³/mol. The van der Waals surface area contributed by atoms with Crippen molar-refractivity contribution in [2.45, 2.75) is 5.92 Å². The maximum atomic E-state index is 13.0. The van der Waals surface area contributed by atoms with Gasteiger partial charge in [0.2, 0.25) is 0 Å². The van der Waals surface area contributed by atoms with Crippen molar-refractivity contribution in [3.63, 3.8) is 0 Å². The fourth-order valence-corrected chi connectivity index (χ4v) is 3.57. The number of aromatic nitrogens is 1. The van der Waals surface area contributed by atoms with Crippen LogP contribution in [-0.4, -0.2) is 31.2 Å². The van der Waals surface area contributed by atoms with Gasteiger partial charge in [0.25, 0.3) is 5.91 Å². The van der Waals surface area contributed by atoms with E-state index >= 15 is 0 Å². The highest BCUT2D eigenvalue weighted by atomic mass is 19.1. The Bertz CT molecular complexity index is 1150. The van der Waals surface area contributed by atoms with Gasteiger partial charge in [0.15, 0.2) is 6.61 Å². The van der Waals surface area contributed by atoms with Gasteiger partial charge >= 0.3 is 0 Å². The summed E-state index contributed by atoms with van der Waals surface area (Å²) in [5, 5.41) is 4.07. The second-order valence-electron chi connectivity index (χ2n) is 7.16. The van der Waals surface area contributed by atoms with Crippen LogP contribution in [-0.2, 0) is 4.79 Å². The van der Waals surface area contributed by atoms with Crippen LogP contribution in [0.25, 0.3) is 10.9 Å². The van der Waals surface area contributed by atoms with E-state index in [4.69, 9.17) is 9.47 Å². The van der Waals surface area contributed by atoms with E-state index in [1.54, 1.807) is 7.11 Å². The third-order valence-electron chi connectivity index (χ3n) is 5.20. The Kier molecular flexibility index (Phi) is 6.17. The first kappa shape index (κ1) is 20.5. The SMILES string of the molecule is COc1ccc([C@@H](CNC(=O)COc2ccc(F)cc2)c2c[nH]c3ccccc23)cc1. The third kappa shape index (κ3) is 4.86. The van der Waals surface area contributed by atoms with Crippen molar-refractivity contribution in [1.82, 2.24) is 10.3 Å². The van der Waals surface area contributed by atoms with Gasteiger partial charge in [0.1, 0.15) is 17.3 Å². The lowest BCUT2D eigenvalue weighted by atomic mass is 9.91. The molecule has 1 heterocycles. The van der Waals surface area contributed by atoms with Crippen LogP contribution in [0.2, 0.25) is 0 Å². The molecule has 0 fully saturated rings. The average molecular weight is 418 g/mol. The van der Waals surface area contributed by atoms with E-state index in [2.05, 4.69) is 16.4 Å². The Balaban J connectivity index is 1.50. The number of aromatic amines is 1. The molecule has 6 heteroatoms. The molecule has 158 valence electrons. The van der Waals surface area contributed by atoms with Gasteiger partial charge in [0.05, 0.1) is 7.11 Å². The maximum Gasteiger partial charge on any atom is 0.257 e. The minimum absolute atomic E-state index is 0.0585. The van der Waals surface area contributed by atoms with Crippen molar-refractivity contribution in [3.05, 3.63) is 95.9 Å². The molecule has 0 saturated carbocycles. The summed E-state index contributed by atoms with van der Waals surface area (Å²) in [7, 11) is 1.63. The van der Waals surface area contributed by atoms with Crippen molar-refractivity contribution >= 4 is 16.8 Å². The molecule has 4 aromatic rings. The second-order valence-corrected chi connectivity index (χ2v) is 7.16. The summed E-state index contributed by atoms with van der Waals surface area (Å²) in [5.74, 6) is 0.565. The fourth-order valence-electron chi connectivity index (χ4n) is 3.57. The minimum Gasteiger partial charge on any atom is -0.497 e. The number of para-hydroxylation sites is 1. The molecule has 0 unspecified atom stereocenters. The van der Waals surface area contributed by atoms with Crippen LogP contribution in [0.15, 0.2) is 79.0 Å². The molecule has 4 rings (SSSR count). The number of amides is 1. The number of H-pyrrole nitrogens is 1. The van der Waals surface area contributed by atoms with Crippen molar-refractivity contribution in [2.24, 2.45) is 0 Å². The van der Waals surface area contributed by atoms with Crippen molar-refractivity contribution < 1.29 is 18.7 Å². The number of halogens is 1. The molecule has 0 aliphatic heterocycles. The molecule has 31 heavy (non-hydrogen) atoms. The van der Waals surface area contributed by atoms with Gasteiger partial charge < -0.3 is 19.8 Å².